The smallest absolute Gasteiger partial charge is 0.410 e. The summed E-state index contributed by atoms with van der Waals surface area (Å²) >= 11 is 0. The van der Waals surface area contributed by atoms with Crippen molar-refractivity contribution in [3.8, 4) is 17.2 Å². The lowest BCUT2D eigenvalue weighted by Gasteiger charge is -2.50. The second kappa shape index (κ2) is 31.0. The highest BCUT2D eigenvalue weighted by Gasteiger charge is 2.48. The number of hydrogen-bond acceptors (Lipinski definition) is 13. The van der Waals surface area contributed by atoms with Gasteiger partial charge in [-0.25, -0.2) is 14.4 Å². The summed E-state index contributed by atoms with van der Waals surface area (Å²) in [5, 5.41) is 17.1. The van der Waals surface area contributed by atoms with Gasteiger partial charge in [-0.1, -0.05) is 19.7 Å². The summed E-state index contributed by atoms with van der Waals surface area (Å²) in [7, 11) is 0. The van der Waals surface area contributed by atoms with E-state index in [0.717, 1.165) is 0 Å². The third-order valence-electron chi connectivity index (χ3n) is 13.8. The molecule has 0 spiro atoms. The van der Waals surface area contributed by atoms with E-state index in [1.165, 1.54) is 0 Å². The molecule has 3 aromatic carbocycles. The minimum atomic E-state index is -0.747. The Morgan fingerprint density at radius 2 is 0.593 bits per heavy atom. The standard InChI is InChI=1S/C67H100N6O13/c1-22-80-63(14,15)41-67(42-64(16,17)81-38-35-60(8,9)71-57(77)84-51-29-23-48(24-30-51)68-54(74)45(2)3,43-65(18,19)82-39-36-61(10,11)72-58(78)85-52-31-25-49(26-32-52)69-55(75)46(4)5)44-66(20,21)83-40-37-62(12,13)73-59(79)86-53-33-27-50(28-34-53)70-56(76)47(6)7/h23-34H,2,4,6,22,35-44H2,1,3,5,7-21H3,(H,68,74)(H,69,75)(H,70,76)(H,71,77)(H,72,78)(H,73,79). The molecule has 0 unspecified atom stereocenters. The van der Waals surface area contributed by atoms with Crippen molar-refractivity contribution in [2.24, 2.45) is 5.41 Å². The molecule has 0 radical (unpaired) electrons. The Balaban J connectivity index is 1.85. The van der Waals surface area contributed by atoms with Crippen LogP contribution < -0.4 is 46.1 Å². The molecule has 19 heteroatoms. The Morgan fingerprint density at radius 3 is 0.802 bits per heavy atom. The van der Waals surface area contributed by atoms with Gasteiger partial charge >= 0.3 is 18.3 Å². The van der Waals surface area contributed by atoms with Gasteiger partial charge in [0.05, 0.1) is 22.4 Å². The third-order valence-corrected chi connectivity index (χ3v) is 13.8. The zero-order valence-electron chi connectivity index (χ0n) is 54.6. The molecule has 0 heterocycles. The van der Waals surface area contributed by atoms with E-state index in [0.29, 0.717) is 103 Å². The van der Waals surface area contributed by atoms with E-state index in [-0.39, 0.29) is 37.5 Å². The van der Waals surface area contributed by atoms with Crippen LogP contribution in [0.15, 0.2) is 109 Å². The largest absolute Gasteiger partial charge is 0.413 e. The Labute approximate surface area is 511 Å². The minimum Gasteiger partial charge on any atom is -0.410 e. The molecule has 86 heavy (non-hydrogen) atoms. The molecule has 0 fully saturated rings. The van der Waals surface area contributed by atoms with Crippen LogP contribution in [-0.4, -0.2) is 101 Å². The summed E-state index contributed by atoms with van der Waals surface area (Å²) in [4.78, 5) is 75.8. The summed E-state index contributed by atoms with van der Waals surface area (Å²) in [6.07, 6.45) is 1.59. The van der Waals surface area contributed by atoms with Gasteiger partial charge in [0.2, 0.25) is 0 Å². The Morgan fingerprint density at radius 1 is 0.372 bits per heavy atom. The molecule has 0 aliphatic carbocycles. The van der Waals surface area contributed by atoms with Crippen LogP contribution in [0.1, 0.15) is 170 Å². The van der Waals surface area contributed by atoms with Crippen LogP contribution in [0.4, 0.5) is 31.4 Å². The molecule has 476 valence electrons. The monoisotopic (exact) mass is 1200 g/mol. The number of ether oxygens (including phenoxy) is 7. The SMILES string of the molecule is C=C(C)C(=O)Nc1ccc(OC(=O)NC(C)(C)CCOC(C)(C)CC(CC(C)(C)OCC)(CC(C)(C)OCCC(C)(C)NC(=O)Oc2ccc(NC(=O)C(=C)C)cc2)CC(C)(C)OCCC(C)(C)NC(=O)Oc2ccc(NC(=O)C(=C)C)cc2)cc1. The average molecular weight is 1200 g/mol. The summed E-state index contributed by atoms with van der Waals surface area (Å²) in [6, 6.07) is 19.4. The first kappa shape index (κ1) is 73.2. The highest BCUT2D eigenvalue weighted by molar-refractivity contribution is 6.04. The molecule has 0 aromatic heterocycles. The van der Waals surface area contributed by atoms with Crippen molar-refractivity contribution in [3.63, 3.8) is 0 Å². The Hall–Kier alpha value is -7.06. The van der Waals surface area contributed by atoms with E-state index >= 15 is 0 Å². The summed E-state index contributed by atoms with van der Waals surface area (Å²) in [5.74, 6) is -0.0270. The molecule has 0 bridgehead atoms. The van der Waals surface area contributed by atoms with Crippen LogP contribution in [-0.2, 0) is 33.3 Å². The quantitative estimate of drug-likeness (QED) is 0.0305. The van der Waals surface area contributed by atoms with Crippen LogP contribution in [0.3, 0.4) is 0 Å². The first-order valence-electron chi connectivity index (χ1n) is 29.3. The number of amides is 6. The van der Waals surface area contributed by atoms with Crippen LogP contribution >= 0.6 is 0 Å². The maximum Gasteiger partial charge on any atom is 0.413 e. The maximum absolute atomic E-state index is 13.2. The number of carbonyl (C=O) groups excluding carboxylic acids is 6. The fourth-order valence-corrected chi connectivity index (χ4v) is 10.3. The number of hydrogen-bond donors (Lipinski definition) is 6. The van der Waals surface area contributed by atoms with E-state index in [2.05, 4.69) is 107 Å². The van der Waals surface area contributed by atoms with Crippen LogP contribution in [0.2, 0.25) is 0 Å². The minimum absolute atomic E-state index is 0.287. The molecule has 0 saturated heterocycles. The Bertz CT molecular complexity index is 2530. The van der Waals surface area contributed by atoms with Crippen molar-refractivity contribution in [1.29, 1.82) is 0 Å². The maximum atomic E-state index is 13.2. The molecule has 0 saturated carbocycles. The van der Waals surface area contributed by atoms with Crippen molar-refractivity contribution in [3.05, 3.63) is 109 Å². The topological polar surface area (TPSA) is 239 Å². The highest BCUT2D eigenvalue weighted by atomic mass is 16.6. The molecule has 0 aliphatic rings. The number of carbonyl (C=O) groups is 6. The Kier molecular flexibility index (Phi) is 26.4. The van der Waals surface area contributed by atoms with Gasteiger partial charge in [-0.15, -0.1) is 0 Å². The van der Waals surface area contributed by atoms with E-state index in [1.54, 1.807) is 93.6 Å². The third kappa shape index (κ3) is 28.0. The molecule has 0 atom stereocenters. The van der Waals surface area contributed by atoms with E-state index < -0.39 is 62.7 Å². The normalized spacial score (nSPS) is 12.5. The van der Waals surface area contributed by atoms with E-state index in [9.17, 15) is 28.8 Å². The van der Waals surface area contributed by atoms with Gasteiger partial charge in [-0.05, 0) is 248 Å². The fourth-order valence-electron chi connectivity index (χ4n) is 10.3. The van der Waals surface area contributed by atoms with Gasteiger partial charge in [0.15, 0.2) is 0 Å². The number of nitrogens with one attached hydrogen (secondary N) is 6. The van der Waals surface area contributed by atoms with Crippen molar-refractivity contribution in [1.82, 2.24) is 16.0 Å². The van der Waals surface area contributed by atoms with Gasteiger partial charge in [-0.3, -0.25) is 14.4 Å². The first-order chi connectivity index (χ1) is 39.5. The van der Waals surface area contributed by atoms with Crippen molar-refractivity contribution < 1.29 is 61.9 Å². The van der Waals surface area contributed by atoms with Crippen LogP contribution in [0.25, 0.3) is 0 Å². The van der Waals surface area contributed by atoms with Crippen LogP contribution in [0, 0.1) is 5.41 Å². The van der Waals surface area contributed by atoms with Gasteiger partial charge in [0, 0.05) is 76.8 Å². The van der Waals surface area contributed by atoms with Gasteiger partial charge in [0.1, 0.15) is 17.2 Å². The van der Waals surface area contributed by atoms with E-state index in [4.69, 9.17) is 33.2 Å². The summed E-state index contributed by atoms with van der Waals surface area (Å²) < 4.78 is 43.9. The molecule has 3 rings (SSSR count). The zero-order valence-corrected chi connectivity index (χ0v) is 54.6. The molecule has 6 amide bonds. The molecule has 0 aliphatic heterocycles. The fraction of sp³-hybridized carbons (Fsp3) is 0.552. The average Bonchev–Trinajstić information content (AvgIpc) is 0.949. The highest BCUT2D eigenvalue weighted by Crippen LogP contribution is 2.51. The summed E-state index contributed by atoms with van der Waals surface area (Å²) in [6.45, 7) is 47.2. The molecule has 19 nitrogen and oxygen atoms in total. The second-order valence-electron chi connectivity index (χ2n) is 26.9. The van der Waals surface area contributed by atoms with Crippen LogP contribution in [0.5, 0.6) is 17.2 Å². The summed E-state index contributed by atoms with van der Waals surface area (Å²) in [5.41, 5.74) is -2.96. The predicted molar refractivity (Wildman–Crippen MR) is 340 cm³/mol. The van der Waals surface area contributed by atoms with Crippen molar-refractivity contribution in [2.45, 2.75) is 209 Å². The lowest BCUT2D eigenvalue weighted by atomic mass is 9.62. The predicted octanol–water partition coefficient (Wildman–Crippen LogP) is 14.1. The zero-order chi connectivity index (χ0) is 65.1. The van der Waals surface area contributed by atoms with Gasteiger partial charge < -0.3 is 65.1 Å². The lowest BCUT2D eigenvalue weighted by Crippen LogP contribution is -2.50. The molecular weight excluding hydrogens is 1100 g/mol. The van der Waals surface area contributed by atoms with Crippen molar-refractivity contribution in [2.75, 3.05) is 42.4 Å². The first-order valence-corrected chi connectivity index (χ1v) is 29.3. The molecule has 3 aromatic rings. The van der Waals surface area contributed by atoms with Gasteiger partial charge in [-0.2, -0.15) is 0 Å². The molecule has 6 N–H and O–H groups in total. The number of rotatable bonds is 34. The number of anilines is 3. The molecular formula is C67H100N6O13. The van der Waals surface area contributed by atoms with Crippen molar-refractivity contribution >= 4 is 53.1 Å². The number of benzene rings is 3. The van der Waals surface area contributed by atoms with Gasteiger partial charge in [0.25, 0.3) is 17.7 Å². The lowest BCUT2D eigenvalue weighted by molar-refractivity contribution is -0.145. The second-order valence-corrected chi connectivity index (χ2v) is 26.9. The van der Waals surface area contributed by atoms with E-state index in [1.807, 2.05) is 48.5 Å².